The van der Waals surface area contributed by atoms with E-state index in [-0.39, 0.29) is 18.6 Å². The van der Waals surface area contributed by atoms with Crippen LogP contribution in [-0.2, 0) is 11.2 Å². The van der Waals surface area contributed by atoms with Crippen molar-refractivity contribution in [2.45, 2.75) is 12.5 Å². The van der Waals surface area contributed by atoms with Crippen molar-refractivity contribution < 1.29 is 19.5 Å². The van der Waals surface area contributed by atoms with Crippen molar-refractivity contribution in [2.75, 3.05) is 6.61 Å². The molecule has 0 aliphatic heterocycles. The van der Waals surface area contributed by atoms with Gasteiger partial charge in [0, 0.05) is 28.7 Å². The molecule has 0 saturated carbocycles. The van der Waals surface area contributed by atoms with Crippen LogP contribution in [0.1, 0.15) is 21.5 Å². The Morgan fingerprint density at radius 1 is 0.850 bits per heavy atom. The zero-order chi connectivity index (χ0) is 27.7. The first-order valence-electron chi connectivity index (χ1n) is 13.0. The maximum atomic E-state index is 13.3. The van der Waals surface area contributed by atoms with Crippen molar-refractivity contribution in [3.05, 3.63) is 132 Å². The molecule has 0 spiro atoms. The summed E-state index contributed by atoms with van der Waals surface area (Å²) < 4.78 is 6.08. The molecule has 5 aromatic rings. The fourth-order valence-corrected chi connectivity index (χ4v) is 4.51. The monoisotopic (exact) mass is 531 g/mol. The van der Waals surface area contributed by atoms with Gasteiger partial charge in [0.15, 0.2) is 0 Å². The lowest BCUT2D eigenvalue weighted by Crippen LogP contribution is -2.40. The Kier molecular flexibility index (Phi) is 8.34. The van der Waals surface area contributed by atoms with E-state index >= 15 is 0 Å². The molecular weight excluding hydrogens is 502 g/mol. The second-order valence-corrected chi connectivity index (χ2v) is 9.37. The van der Waals surface area contributed by atoms with E-state index in [2.05, 4.69) is 16.4 Å². The summed E-state index contributed by atoms with van der Waals surface area (Å²) in [5, 5.41) is 12.9. The number of carbonyl (C=O) groups excluding carboxylic acids is 2. The minimum Gasteiger partial charge on any atom is -0.491 e. The van der Waals surface area contributed by atoms with Gasteiger partial charge in [-0.05, 0) is 65.1 Å². The van der Waals surface area contributed by atoms with Crippen molar-refractivity contribution >= 4 is 28.8 Å². The van der Waals surface area contributed by atoms with Crippen LogP contribution in [0.3, 0.4) is 0 Å². The highest BCUT2D eigenvalue weighted by Crippen LogP contribution is 2.22. The third kappa shape index (κ3) is 6.64. The predicted molar refractivity (Wildman–Crippen MR) is 156 cm³/mol. The molecule has 1 aromatic heterocycles. The average molecular weight is 532 g/mol. The van der Waals surface area contributed by atoms with Crippen molar-refractivity contribution in [2.24, 2.45) is 0 Å². The van der Waals surface area contributed by atoms with Crippen LogP contribution >= 0.6 is 0 Å². The Hall–Kier alpha value is -5.14. The maximum Gasteiger partial charge on any atom is 0.267 e. The van der Waals surface area contributed by atoms with Crippen LogP contribution in [-0.4, -0.2) is 34.7 Å². The van der Waals surface area contributed by atoms with Gasteiger partial charge >= 0.3 is 0 Å². The summed E-state index contributed by atoms with van der Waals surface area (Å²) in [5.74, 6) is -0.143. The summed E-state index contributed by atoms with van der Waals surface area (Å²) in [4.78, 5) is 27.8. The van der Waals surface area contributed by atoms with Crippen molar-refractivity contribution in [3.8, 4) is 16.9 Å². The number of amides is 2. The number of aromatic amines is 1. The minimum atomic E-state index is -0.606. The van der Waals surface area contributed by atoms with E-state index in [0.717, 1.165) is 33.2 Å². The van der Waals surface area contributed by atoms with Crippen LogP contribution in [0.15, 0.2) is 115 Å². The van der Waals surface area contributed by atoms with Crippen LogP contribution in [0.2, 0.25) is 0 Å². The molecule has 40 heavy (non-hydrogen) atoms. The van der Waals surface area contributed by atoms with Gasteiger partial charge in [0.05, 0.1) is 6.04 Å². The lowest BCUT2D eigenvalue weighted by molar-refractivity contribution is -0.124. The van der Waals surface area contributed by atoms with E-state index in [9.17, 15) is 9.59 Å². The summed E-state index contributed by atoms with van der Waals surface area (Å²) in [7, 11) is 0. The molecule has 0 radical (unpaired) electrons. The number of carbonyl (C=O) groups is 2. The van der Waals surface area contributed by atoms with Crippen LogP contribution in [0.4, 0.5) is 0 Å². The smallest absolute Gasteiger partial charge is 0.267 e. The molecule has 7 nitrogen and oxygen atoms in total. The molecule has 0 fully saturated rings. The lowest BCUT2D eigenvalue weighted by atomic mass is 10.0. The summed E-state index contributed by atoms with van der Waals surface area (Å²) in [6.45, 7) is 0.259. The molecule has 1 heterocycles. The Morgan fingerprint density at radius 2 is 1.55 bits per heavy atom. The van der Waals surface area contributed by atoms with Crippen LogP contribution in [0.5, 0.6) is 5.75 Å². The fraction of sp³-hybridized carbons (Fsp3) is 0.0909. The van der Waals surface area contributed by atoms with Gasteiger partial charge in [-0.2, -0.15) is 0 Å². The van der Waals surface area contributed by atoms with Gasteiger partial charge in [0.25, 0.3) is 11.8 Å². The number of benzene rings is 4. The average Bonchev–Trinajstić information content (AvgIpc) is 3.42. The Bertz CT molecular complexity index is 1610. The Morgan fingerprint density at radius 3 is 2.30 bits per heavy atom. The number of H-pyrrole nitrogens is 1. The standard InChI is InChI=1S/C33H29N3O4/c37-32(36-39)19-12-23-10-17-29(18-11-23)40-22-28(20-27-21-34-31-9-5-4-8-30(27)31)35-33(38)26-15-13-25(14-16-26)24-6-2-1-3-7-24/h1-19,21,28,34,39H,20,22H2,(H,35,38)(H,36,37)/b19-12+/t28-/m0/s1. The molecule has 200 valence electrons. The van der Waals surface area contributed by atoms with Gasteiger partial charge in [0.2, 0.25) is 0 Å². The molecule has 0 aliphatic carbocycles. The summed E-state index contributed by atoms with van der Waals surface area (Å²) in [5.41, 5.74) is 7.18. The maximum absolute atomic E-state index is 13.3. The number of aromatic nitrogens is 1. The Balaban J connectivity index is 1.30. The molecule has 2 amide bonds. The summed E-state index contributed by atoms with van der Waals surface area (Å²) >= 11 is 0. The Labute approximate surface area is 232 Å². The zero-order valence-electron chi connectivity index (χ0n) is 21.7. The minimum absolute atomic E-state index is 0.171. The van der Waals surface area contributed by atoms with Gasteiger partial charge in [-0.1, -0.05) is 72.8 Å². The van der Waals surface area contributed by atoms with E-state index in [0.29, 0.717) is 17.7 Å². The number of para-hydroxylation sites is 1. The number of nitrogens with one attached hydrogen (secondary N) is 3. The first kappa shape index (κ1) is 26.5. The summed E-state index contributed by atoms with van der Waals surface area (Å²) in [6, 6.07) is 32.6. The molecule has 4 aromatic carbocycles. The largest absolute Gasteiger partial charge is 0.491 e. The normalized spacial score (nSPS) is 11.8. The molecule has 1 atom stereocenters. The third-order valence-corrected chi connectivity index (χ3v) is 6.60. The van der Waals surface area contributed by atoms with Crippen molar-refractivity contribution in [1.29, 1.82) is 0 Å². The quantitative estimate of drug-likeness (QED) is 0.104. The molecule has 5 rings (SSSR count). The van der Waals surface area contributed by atoms with E-state index in [1.807, 2.05) is 79.0 Å². The first-order valence-corrected chi connectivity index (χ1v) is 13.0. The lowest BCUT2D eigenvalue weighted by Gasteiger charge is -2.20. The number of hydrogen-bond donors (Lipinski definition) is 4. The molecule has 0 bridgehead atoms. The second-order valence-electron chi connectivity index (χ2n) is 9.37. The molecule has 4 N–H and O–H groups in total. The molecular formula is C33H29N3O4. The number of fused-ring (bicyclic) bond motifs is 1. The number of rotatable bonds is 10. The number of hydroxylamine groups is 1. The highest BCUT2D eigenvalue weighted by atomic mass is 16.5. The highest BCUT2D eigenvalue weighted by molar-refractivity contribution is 5.95. The first-order chi connectivity index (χ1) is 19.6. The summed E-state index contributed by atoms with van der Waals surface area (Å²) in [6.07, 6.45) is 5.37. The SMILES string of the molecule is O=C(/C=C/c1ccc(OC[C@H](Cc2c[nH]c3ccccc23)NC(=O)c2ccc(-c3ccccc3)cc2)cc1)NO. The molecule has 0 aliphatic rings. The zero-order valence-corrected chi connectivity index (χ0v) is 21.7. The van der Waals surface area contributed by atoms with E-state index < -0.39 is 5.91 Å². The van der Waals surface area contributed by atoms with Gasteiger partial charge in [-0.15, -0.1) is 0 Å². The highest BCUT2D eigenvalue weighted by Gasteiger charge is 2.18. The fourth-order valence-electron chi connectivity index (χ4n) is 4.51. The van der Waals surface area contributed by atoms with Gasteiger partial charge in [0.1, 0.15) is 12.4 Å². The molecule has 7 heteroatoms. The van der Waals surface area contributed by atoms with Crippen molar-refractivity contribution in [1.82, 2.24) is 15.8 Å². The van der Waals surface area contributed by atoms with Gasteiger partial charge in [-0.25, -0.2) is 5.48 Å². The van der Waals surface area contributed by atoms with Crippen LogP contribution in [0.25, 0.3) is 28.1 Å². The second kappa shape index (κ2) is 12.6. The topological polar surface area (TPSA) is 103 Å². The molecule has 0 saturated heterocycles. The number of ether oxygens (including phenoxy) is 1. The van der Waals surface area contributed by atoms with Crippen LogP contribution < -0.4 is 15.5 Å². The van der Waals surface area contributed by atoms with E-state index in [1.54, 1.807) is 35.8 Å². The third-order valence-electron chi connectivity index (χ3n) is 6.60. The van der Waals surface area contributed by atoms with E-state index in [4.69, 9.17) is 9.94 Å². The van der Waals surface area contributed by atoms with Crippen molar-refractivity contribution in [3.63, 3.8) is 0 Å². The van der Waals surface area contributed by atoms with Gasteiger partial charge in [-0.3, -0.25) is 14.8 Å². The molecule has 0 unspecified atom stereocenters. The van der Waals surface area contributed by atoms with Crippen LogP contribution in [0, 0.1) is 0 Å². The predicted octanol–water partition coefficient (Wildman–Crippen LogP) is 5.77. The van der Waals surface area contributed by atoms with Gasteiger partial charge < -0.3 is 15.0 Å². The van der Waals surface area contributed by atoms with E-state index in [1.165, 1.54) is 6.08 Å². The number of hydrogen-bond acceptors (Lipinski definition) is 4.